The molecule has 2 N–H and O–H groups in total. The summed E-state index contributed by atoms with van der Waals surface area (Å²) in [7, 11) is -4.01. The molecular weight excluding hydrogens is 320 g/mol. The van der Waals surface area contributed by atoms with Gasteiger partial charge in [-0.15, -0.1) is 11.3 Å². The van der Waals surface area contributed by atoms with Crippen LogP contribution in [0.5, 0.6) is 0 Å². The Morgan fingerprint density at radius 1 is 1.24 bits per heavy atom. The van der Waals surface area contributed by atoms with Crippen molar-refractivity contribution in [3.8, 4) is 0 Å². The van der Waals surface area contributed by atoms with Crippen LogP contribution in [0.4, 0.5) is 8.78 Å². The zero-order valence-corrected chi connectivity index (χ0v) is 12.4. The molecule has 1 aromatic carbocycles. The third kappa shape index (κ3) is 4.31. The molecule has 2 aromatic rings. The molecule has 0 fully saturated rings. The second-order valence-corrected chi connectivity index (χ2v) is 7.07. The molecule has 0 saturated carbocycles. The number of aliphatic hydroxyl groups excluding tert-OH is 1. The SMILES string of the molecule is O=S(=O)(NCCC(O)c1cccs1)c1cc(F)cc(F)c1. The quantitative estimate of drug-likeness (QED) is 0.853. The first-order valence-corrected chi connectivity index (χ1v) is 8.42. The number of hydrogen-bond donors (Lipinski definition) is 2. The van der Waals surface area contributed by atoms with E-state index < -0.39 is 32.7 Å². The minimum Gasteiger partial charge on any atom is -0.388 e. The fraction of sp³-hybridized carbons (Fsp3) is 0.231. The van der Waals surface area contributed by atoms with Crippen LogP contribution in [0.3, 0.4) is 0 Å². The lowest BCUT2D eigenvalue weighted by molar-refractivity contribution is 0.173. The maximum Gasteiger partial charge on any atom is 0.240 e. The Morgan fingerprint density at radius 3 is 2.48 bits per heavy atom. The summed E-state index contributed by atoms with van der Waals surface area (Å²) in [4.78, 5) is 0.247. The van der Waals surface area contributed by atoms with Crippen molar-refractivity contribution in [3.05, 3.63) is 52.2 Å². The second-order valence-electron chi connectivity index (χ2n) is 4.32. The summed E-state index contributed by atoms with van der Waals surface area (Å²) in [6, 6.07) is 5.59. The first-order chi connectivity index (χ1) is 9.88. The minimum atomic E-state index is -4.01. The summed E-state index contributed by atoms with van der Waals surface area (Å²) in [5, 5.41) is 11.6. The smallest absolute Gasteiger partial charge is 0.240 e. The molecule has 0 spiro atoms. The number of halogens is 2. The van der Waals surface area contributed by atoms with Gasteiger partial charge in [0, 0.05) is 17.5 Å². The molecule has 114 valence electrons. The highest BCUT2D eigenvalue weighted by atomic mass is 32.2. The van der Waals surface area contributed by atoms with E-state index in [0.29, 0.717) is 6.07 Å². The van der Waals surface area contributed by atoms with Gasteiger partial charge in [0.05, 0.1) is 11.0 Å². The summed E-state index contributed by atoms with van der Waals surface area (Å²) in [5.74, 6) is -1.93. The van der Waals surface area contributed by atoms with Crippen molar-refractivity contribution in [1.29, 1.82) is 0 Å². The Balaban J connectivity index is 1.98. The maximum atomic E-state index is 13.0. The molecule has 4 nitrogen and oxygen atoms in total. The van der Waals surface area contributed by atoms with Crippen molar-refractivity contribution in [2.75, 3.05) is 6.54 Å². The van der Waals surface area contributed by atoms with E-state index in [-0.39, 0.29) is 13.0 Å². The van der Waals surface area contributed by atoms with E-state index in [1.165, 1.54) is 11.3 Å². The van der Waals surface area contributed by atoms with E-state index >= 15 is 0 Å². The summed E-state index contributed by atoms with van der Waals surface area (Å²) in [5.41, 5.74) is 0. The van der Waals surface area contributed by atoms with Gasteiger partial charge in [-0.2, -0.15) is 0 Å². The van der Waals surface area contributed by atoms with Crippen molar-refractivity contribution < 1.29 is 22.3 Å². The van der Waals surface area contributed by atoms with Crippen LogP contribution in [0.25, 0.3) is 0 Å². The van der Waals surface area contributed by atoms with Crippen LogP contribution in [-0.2, 0) is 10.0 Å². The van der Waals surface area contributed by atoms with Crippen molar-refractivity contribution >= 4 is 21.4 Å². The molecule has 0 aliphatic carbocycles. The molecule has 1 atom stereocenters. The predicted octanol–water partition coefficient (Wildman–Crippen LogP) is 2.43. The summed E-state index contributed by atoms with van der Waals surface area (Å²) < 4.78 is 52.0. The molecule has 8 heteroatoms. The van der Waals surface area contributed by atoms with Gasteiger partial charge in [0.2, 0.25) is 10.0 Å². The summed E-state index contributed by atoms with van der Waals surface area (Å²) in [6.45, 7) is -0.0421. The Morgan fingerprint density at radius 2 is 1.90 bits per heavy atom. The molecule has 1 unspecified atom stereocenters. The fourth-order valence-electron chi connectivity index (χ4n) is 1.72. The first-order valence-electron chi connectivity index (χ1n) is 6.06. The zero-order valence-electron chi connectivity index (χ0n) is 10.8. The van der Waals surface area contributed by atoms with Gasteiger partial charge < -0.3 is 5.11 Å². The average Bonchev–Trinajstić information content (AvgIpc) is 2.91. The number of hydrogen-bond acceptors (Lipinski definition) is 4. The van der Waals surface area contributed by atoms with Crippen molar-refractivity contribution in [2.45, 2.75) is 17.4 Å². The van der Waals surface area contributed by atoms with Crippen LogP contribution in [0.2, 0.25) is 0 Å². The number of thiophene rings is 1. The van der Waals surface area contributed by atoms with Gasteiger partial charge in [-0.1, -0.05) is 6.07 Å². The fourth-order valence-corrected chi connectivity index (χ4v) is 3.56. The number of rotatable bonds is 6. The van der Waals surface area contributed by atoms with Crippen LogP contribution in [0.1, 0.15) is 17.4 Å². The average molecular weight is 333 g/mol. The largest absolute Gasteiger partial charge is 0.388 e. The molecule has 0 radical (unpaired) electrons. The van der Waals surface area contributed by atoms with Crippen LogP contribution in [0.15, 0.2) is 40.6 Å². The van der Waals surface area contributed by atoms with Crippen LogP contribution in [-0.4, -0.2) is 20.1 Å². The Kier molecular flexibility index (Phi) is 5.04. The molecular formula is C13H13F2NO3S2. The molecule has 0 aliphatic heterocycles. The molecule has 2 rings (SSSR count). The number of aliphatic hydroxyl groups is 1. The highest BCUT2D eigenvalue weighted by Crippen LogP contribution is 2.21. The van der Waals surface area contributed by atoms with E-state index in [2.05, 4.69) is 4.72 Å². The first kappa shape index (κ1) is 16.0. The van der Waals surface area contributed by atoms with Gasteiger partial charge in [-0.3, -0.25) is 0 Å². The van der Waals surface area contributed by atoms with Gasteiger partial charge in [-0.05, 0) is 30.0 Å². The van der Waals surface area contributed by atoms with Gasteiger partial charge >= 0.3 is 0 Å². The number of benzene rings is 1. The summed E-state index contributed by atoms with van der Waals surface area (Å²) >= 11 is 1.36. The normalized spacial score (nSPS) is 13.3. The monoisotopic (exact) mass is 333 g/mol. The third-order valence-electron chi connectivity index (χ3n) is 2.73. The molecule has 1 aromatic heterocycles. The predicted molar refractivity (Wildman–Crippen MR) is 75.4 cm³/mol. The molecule has 21 heavy (non-hydrogen) atoms. The molecule has 0 saturated heterocycles. The van der Waals surface area contributed by atoms with Crippen molar-refractivity contribution in [2.24, 2.45) is 0 Å². The van der Waals surface area contributed by atoms with E-state index in [0.717, 1.165) is 17.0 Å². The van der Waals surface area contributed by atoms with Crippen LogP contribution >= 0.6 is 11.3 Å². The Hall–Kier alpha value is -1.35. The van der Waals surface area contributed by atoms with E-state index in [4.69, 9.17) is 0 Å². The van der Waals surface area contributed by atoms with Crippen LogP contribution < -0.4 is 4.72 Å². The lowest BCUT2D eigenvalue weighted by Crippen LogP contribution is -2.26. The second kappa shape index (κ2) is 6.61. The number of sulfonamides is 1. The topological polar surface area (TPSA) is 66.4 Å². The minimum absolute atomic E-state index is 0.0421. The van der Waals surface area contributed by atoms with Gasteiger partial charge in [0.15, 0.2) is 0 Å². The molecule has 0 bridgehead atoms. The lowest BCUT2D eigenvalue weighted by Gasteiger charge is -2.10. The number of nitrogens with one attached hydrogen (secondary N) is 1. The zero-order chi connectivity index (χ0) is 15.5. The van der Waals surface area contributed by atoms with Gasteiger partial charge in [-0.25, -0.2) is 21.9 Å². The Bertz CT molecular complexity index is 682. The van der Waals surface area contributed by atoms with Gasteiger partial charge in [0.25, 0.3) is 0 Å². The maximum absolute atomic E-state index is 13.0. The van der Waals surface area contributed by atoms with E-state index in [1.54, 1.807) is 17.5 Å². The van der Waals surface area contributed by atoms with Gasteiger partial charge in [0.1, 0.15) is 11.6 Å². The highest BCUT2D eigenvalue weighted by molar-refractivity contribution is 7.89. The van der Waals surface area contributed by atoms with Crippen molar-refractivity contribution in [1.82, 2.24) is 4.72 Å². The highest BCUT2D eigenvalue weighted by Gasteiger charge is 2.17. The molecule has 0 aliphatic rings. The molecule has 0 amide bonds. The molecule has 1 heterocycles. The lowest BCUT2D eigenvalue weighted by atomic mass is 10.2. The van der Waals surface area contributed by atoms with E-state index in [1.807, 2.05) is 0 Å². The Labute approximate surface area is 125 Å². The van der Waals surface area contributed by atoms with Crippen LogP contribution in [0, 0.1) is 11.6 Å². The van der Waals surface area contributed by atoms with E-state index in [9.17, 15) is 22.3 Å². The third-order valence-corrected chi connectivity index (χ3v) is 5.14. The van der Waals surface area contributed by atoms with Crippen molar-refractivity contribution in [3.63, 3.8) is 0 Å². The summed E-state index contributed by atoms with van der Waals surface area (Å²) in [6.07, 6.45) is -0.616. The standard InChI is InChI=1S/C13H13F2NO3S2/c14-9-6-10(15)8-11(7-9)21(18,19)16-4-3-12(17)13-2-1-5-20-13/h1-2,5-8,12,16-17H,3-4H2.